The van der Waals surface area contributed by atoms with Crippen LogP contribution in [0.4, 0.5) is 23.1 Å². The van der Waals surface area contributed by atoms with Crippen molar-refractivity contribution in [1.29, 1.82) is 0 Å². The van der Waals surface area contributed by atoms with Gasteiger partial charge in [-0.1, -0.05) is 35.9 Å². The van der Waals surface area contributed by atoms with Gasteiger partial charge in [-0.2, -0.15) is 4.98 Å². The predicted octanol–water partition coefficient (Wildman–Crippen LogP) is 5.30. The first kappa shape index (κ1) is 17.0. The van der Waals surface area contributed by atoms with E-state index in [1.807, 2.05) is 31.2 Å². The normalized spacial score (nSPS) is 10.6. The Kier molecular flexibility index (Phi) is 4.98. The number of para-hydroxylation sites is 1. The van der Waals surface area contributed by atoms with E-state index in [0.29, 0.717) is 5.95 Å². The largest absolute Gasteiger partial charge is 0.326 e. The summed E-state index contributed by atoms with van der Waals surface area (Å²) in [6.07, 6.45) is 0. The molecule has 0 fully saturated rings. The fourth-order valence-corrected chi connectivity index (χ4v) is 2.91. The summed E-state index contributed by atoms with van der Waals surface area (Å²) in [5.74, 6) is 1.52. The molecule has 3 aromatic rings. The van der Waals surface area contributed by atoms with Crippen LogP contribution in [-0.2, 0) is 0 Å². The molecule has 0 aliphatic heterocycles. The lowest BCUT2D eigenvalue weighted by atomic mass is 10.1. The van der Waals surface area contributed by atoms with Gasteiger partial charge in [-0.05, 0) is 51.5 Å². The molecular weight excluding hydrogens is 308 g/mol. The van der Waals surface area contributed by atoms with Crippen LogP contribution in [0, 0.1) is 20.8 Å². The number of rotatable bonds is 5. The minimum atomic E-state index is 0.622. The van der Waals surface area contributed by atoms with Gasteiger partial charge < -0.3 is 10.2 Å². The number of aryl methyl sites for hydroxylation is 3. The Morgan fingerprint density at radius 2 is 1.68 bits per heavy atom. The van der Waals surface area contributed by atoms with E-state index in [-0.39, 0.29) is 0 Å². The van der Waals surface area contributed by atoms with Gasteiger partial charge in [0.25, 0.3) is 0 Å². The van der Waals surface area contributed by atoms with Gasteiger partial charge in [0.2, 0.25) is 5.95 Å². The second-order valence-corrected chi connectivity index (χ2v) is 6.21. The third kappa shape index (κ3) is 3.97. The van der Waals surface area contributed by atoms with Crippen molar-refractivity contribution in [2.45, 2.75) is 27.7 Å². The van der Waals surface area contributed by atoms with Crippen LogP contribution >= 0.6 is 0 Å². The zero-order valence-electron chi connectivity index (χ0n) is 15.2. The van der Waals surface area contributed by atoms with Gasteiger partial charge >= 0.3 is 0 Å². The number of hydrogen-bond donors (Lipinski definition) is 1. The Balaban J connectivity index is 1.95. The van der Waals surface area contributed by atoms with E-state index >= 15 is 0 Å². The maximum atomic E-state index is 4.74. The van der Waals surface area contributed by atoms with Crippen molar-refractivity contribution in [2.75, 3.05) is 16.8 Å². The number of nitrogens with zero attached hydrogens (tertiary/aromatic N) is 3. The highest BCUT2D eigenvalue weighted by Crippen LogP contribution is 2.26. The average molecular weight is 332 g/mol. The Morgan fingerprint density at radius 3 is 2.36 bits per heavy atom. The van der Waals surface area contributed by atoms with Crippen molar-refractivity contribution in [2.24, 2.45) is 0 Å². The molecule has 0 aliphatic carbocycles. The summed E-state index contributed by atoms with van der Waals surface area (Å²) in [6, 6.07) is 18.6. The first-order chi connectivity index (χ1) is 12.1. The van der Waals surface area contributed by atoms with Crippen LogP contribution in [0.3, 0.4) is 0 Å². The average Bonchev–Trinajstić information content (AvgIpc) is 2.59. The van der Waals surface area contributed by atoms with Crippen LogP contribution in [0.15, 0.2) is 54.6 Å². The molecule has 4 nitrogen and oxygen atoms in total. The molecule has 0 unspecified atom stereocenters. The maximum absolute atomic E-state index is 4.74. The van der Waals surface area contributed by atoms with Crippen LogP contribution in [0.5, 0.6) is 0 Å². The molecule has 0 radical (unpaired) electrons. The van der Waals surface area contributed by atoms with Crippen molar-refractivity contribution in [1.82, 2.24) is 9.97 Å². The molecule has 2 aromatic carbocycles. The molecule has 128 valence electrons. The van der Waals surface area contributed by atoms with E-state index in [1.54, 1.807) is 0 Å². The molecule has 1 heterocycles. The molecule has 4 heteroatoms. The van der Waals surface area contributed by atoms with Crippen molar-refractivity contribution in [3.8, 4) is 0 Å². The molecule has 0 aliphatic rings. The molecule has 0 amide bonds. The highest BCUT2D eigenvalue weighted by atomic mass is 15.2. The van der Waals surface area contributed by atoms with Gasteiger partial charge in [-0.15, -0.1) is 0 Å². The first-order valence-corrected chi connectivity index (χ1v) is 8.59. The lowest BCUT2D eigenvalue weighted by molar-refractivity contribution is 0.969. The lowest BCUT2D eigenvalue weighted by Gasteiger charge is -2.23. The summed E-state index contributed by atoms with van der Waals surface area (Å²) in [4.78, 5) is 11.5. The monoisotopic (exact) mass is 332 g/mol. The van der Waals surface area contributed by atoms with Gasteiger partial charge in [0, 0.05) is 29.7 Å². The third-order valence-corrected chi connectivity index (χ3v) is 4.13. The van der Waals surface area contributed by atoms with Crippen LogP contribution in [0.1, 0.15) is 23.7 Å². The summed E-state index contributed by atoms with van der Waals surface area (Å²) in [5.41, 5.74) is 5.52. The van der Waals surface area contributed by atoms with Crippen molar-refractivity contribution >= 4 is 23.1 Å². The van der Waals surface area contributed by atoms with Crippen LogP contribution in [-0.4, -0.2) is 16.5 Å². The standard InChI is InChI=1S/C21H24N4/c1-5-25(18-9-7-6-8-10-18)20-14-17(4)22-21(24-20)23-19-12-11-15(2)13-16(19)3/h6-14H,5H2,1-4H3,(H,22,23,24). The van der Waals surface area contributed by atoms with E-state index in [2.05, 4.69) is 66.3 Å². The van der Waals surface area contributed by atoms with Crippen molar-refractivity contribution < 1.29 is 0 Å². The van der Waals surface area contributed by atoms with E-state index in [4.69, 9.17) is 4.98 Å². The van der Waals surface area contributed by atoms with E-state index in [9.17, 15) is 0 Å². The molecule has 25 heavy (non-hydrogen) atoms. The van der Waals surface area contributed by atoms with E-state index in [0.717, 1.165) is 29.4 Å². The van der Waals surface area contributed by atoms with Crippen LogP contribution in [0.2, 0.25) is 0 Å². The minimum Gasteiger partial charge on any atom is -0.326 e. The van der Waals surface area contributed by atoms with Crippen molar-refractivity contribution in [3.63, 3.8) is 0 Å². The van der Waals surface area contributed by atoms with Gasteiger partial charge in [0.1, 0.15) is 5.82 Å². The Labute approximate surface area is 149 Å². The number of hydrogen-bond acceptors (Lipinski definition) is 4. The number of anilines is 4. The molecule has 0 spiro atoms. The Hall–Kier alpha value is -2.88. The molecule has 1 N–H and O–H groups in total. The number of nitrogens with one attached hydrogen (secondary N) is 1. The quantitative estimate of drug-likeness (QED) is 0.688. The topological polar surface area (TPSA) is 41.1 Å². The fourth-order valence-electron chi connectivity index (χ4n) is 2.91. The highest BCUT2D eigenvalue weighted by Gasteiger charge is 2.11. The number of benzene rings is 2. The lowest BCUT2D eigenvalue weighted by Crippen LogP contribution is -2.18. The van der Waals surface area contributed by atoms with Gasteiger partial charge in [0.15, 0.2) is 0 Å². The third-order valence-electron chi connectivity index (χ3n) is 4.13. The molecular formula is C21H24N4. The zero-order valence-corrected chi connectivity index (χ0v) is 15.2. The summed E-state index contributed by atoms with van der Waals surface area (Å²) in [5, 5.41) is 3.36. The summed E-state index contributed by atoms with van der Waals surface area (Å²) >= 11 is 0. The van der Waals surface area contributed by atoms with Crippen LogP contribution < -0.4 is 10.2 Å². The fraction of sp³-hybridized carbons (Fsp3) is 0.238. The van der Waals surface area contributed by atoms with Gasteiger partial charge in [-0.3, -0.25) is 0 Å². The van der Waals surface area contributed by atoms with Crippen molar-refractivity contribution in [3.05, 3.63) is 71.4 Å². The smallest absolute Gasteiger partial charge is 0.229 e. The molecule has 0 bridgehead atoms. The summed E-state index contributed by atoms with van der Waals surface area (Å²) in [7, 11) is 0. The number of aromatic nitrogens is 2. The minimum absolute atomic E-state index is 0.622. The molecule has 1 aromatic heterocycles. The van der Waals surface area contributed by atoms with Crippen LogP contribution in [0.25, 0.3) is 0 Å². The van der Waals surface area contributed by atoms with E-state index in [1.165, 1.54) is 11.1 Å². The molecule has 3 rings (SSSR count). The Bertz CT molecular complexity index is 859. The Morgan fingerprint density at radius 1 is 0.920 bits per heavy atom. The molecule has 0 saturated heterocycles. The zero-order chi connectivity index (χ0) is 17.8. The second kappa shape index (κ2) is 7.34. The highest BCUT2D eigenvalue weighted by molar-refractivity contribution is 5.64. The summed E-state index contributed by atoms with van der Waals surface area (Å²) in [6.45, 7) is 9.15. The summed E-state index contributed by atoms with van der Waals surface area (Å²) < 4.78 is 0. The molecule has 0 atom stereocenters. The second-order valence-electron chi connectivity index (χ2n) is 6.21. The van der Waals surface area contributed by atoms with Gasteiger partial charge in [0.05, 0.1) is 0 Å². The van der Waals surface area contributed by atoms with E-state index < -0.39 is 0 Å². The maximum Gasteiger partial charge on any atom is 0.229 e. The first-order valence-electron chi connectivity index (χ1n) is 8.59. The predicted molar refractivity (Wildman–Crippen MR) is 105 cm³/mol. The molecule has 0 saturated carbocycles. The SMILES string of the molecule is CCN(c1ccccc1)c1cc(C)nc(Nc2ccc(C)cc2C)n1. The van der Waals surface area contributed by atoms with Gasteiger partial charge in [-0.25, -0.2) is 4.98 Å².